The van der Waals surface area contributed by atoms with E-state index in [9.17, 15) is 0 Å². The van der Waals surface area contributed by atoms with Crippen LogP contribution in [0.2, 0.25) is 0 Å². The lowest BCUT2D eigenvalue weighted by Crippen LogP contribution is -1.92. The van der Waals surface area contributed by atoms with Gasteiger partial charge in [0.25, 0.3) is 0 Å². The van der Waals surface area contributed by atoms with Crippen LogP contribution in [0, 0.1) is 0 Å². The Balaban J connectivity index is 2.44. The second kappa shape index (κ2) is 2.70. The van der Waals surface area contributed by atoms with Crippen molar-refractivity contribution in [3.63, 3.8) is 0 Å². The van der Waals surface area contributed by atoms with Gasteiger partial charge in [0.1, 0.15) is 0 Å². The molecule has 1 aromatic rings. The van der Waals surface area contributed by atoms with E-state index in [1.807, 2.05) is 6.21 Å². The highest BCUT2D eigenvalue weighted by molar-refractivity contribution is 5.73. The van der Waals surface area contributed by atoms with Gasteiger partial charge in [0.2, 0.25) is 0 Å². The minimum absolute atomic E-state index is 0.492. The van der Waals surface area contributed by atoms with Crippen molar-refractivity contribution >= 4 is 12.0 Å². The largest absolute Gasteiger partial charge is 0.241 e. The first-order chi connectivity index (χ1) is 5.77. The van der Waals surface area contributed by atoms with Crippen LogP contribution in [0.5, 0.6) is 0 Å². The highest BCUT2D eigenvalue weighted by Crippen LogP contribution is 2.23. The third kappa shape index (κ3) is 1.13. The Kier molecular flexibility index (Phi) is 1.68. The molecule has 1 aliphatic rings. The van der Waals surface area contributed by atoms with Crippen molar-refractivity contribution in [1.29, 1.82) is 0 Å². The average Bonchev–Trinajstić information content (AvgIpc) is 2.49. The molecule has 1 aliphatic heterocycles. The predicted molar refractivity (Wildman–Crippen MR) is 50.2 cm³/mol. The van der Waals surface area contributed by atoms with Crippen molar-refractivity contribution < 1.29 is 0 Å². The summed E-state index contributed by atoms with van der Waals surface area (Å²) in [5, 5.41) is 0. The van der Waals surface area contributed by atoms with E-state index in [4.69, 9.17) is 0 Å². The molecule has 0 aromatic carbocycles. The number of aromatic nitrogens is 1. The minimum atomic E-state index is 0.492. The minimum Gasteiger partial charge on any atom is -0.241 e. The second-order valence-corrected chi connectivity index (χ2v) is 3.39. The van der Waals surface area contributed by atoms with Crippen LogP contribution in [-0.2, 0) is 6.42 Å². The molecule has 0 atom stereocenters. The van der Waals surface area contributed by atoms with Crippen LogP contribution in [0.25, 0.3) is 0 Å². The van der Waals surface area contributed by atoms with Crippen LogP contribution >= 0.6 is 0 Å². The third-order valence-corrected chi connectivity index (χ3v) is 2.09. The Morgan fingerprint density at radius 2 is 2.17 bits per heavy atom. The van der Waals surface area contributed by atoms with E-state index < -0.39 is 0 Å². The van der Waals surface area contributed by atoms with E-state index in [0.29, 0.717) is 5.92 Å². The SMILES string of the molecule is CC(C)c1ccc2c(n1)N=CC2. The lowest BCUT2D eigenvalue weighted by atomic mass is 10.1. The van der Waals surface area contributed by atoms with Crippen LogP contribution in [-0.4, -0.2) is 11.2 Å². The van der Waals surface area contributed by atoms with Gasteiger partial charge in [-0.25, -0.2) is 9.98 Å². The molecule has 62 valence electrons. The van der Waals surface area contributed by atoms with Gasteiger partial charge in [-0.3, -0.25) is 0 Å². The normalized spacial score (nSPS) is 13.9. The first-order valence-corrected chi connectivity index (χ1v) is 4.29. The van der Waals surface area contributed by atoms with Gasteiger partial charge in [-0.15, -0.1) is 0 Å². The summed E-state index contributed by atoms with van der Waals surface area (Å²) in [5.41, 5.74) is 2.38. The Morgan fingerprint density at radius 3 is 2.92 bits per heavy atom. The summed E-state index contributed by atoms with van der Waals surface area (Å²) in [6, 6.07) is 4.23. The Hall–Kier alpha value is -1.18. The van der Waals surface area contributed by atoms with Gasteiger partial charge in [0.15, 0.2) is 5.82 Å². The van der Waals surface area contributed by atoms with Gasteiger partial charge >= 0.3 is 0 Å². The lowest BCUT2D eigenvalue weighted by Gasteiger charge is -2.04. The molecular formula is C10H12N2. The molecule has 2 heterocycles. The molecule has 1 aromatic heterocycles. The number of rotatable bonds is 1. The van der Waals surface area contributed by atoms with E-state index in [1.165, 1.54) is 5.56 Å². The molecule has 12 heavy (non-hydrogen) atoms. The van der Waals surface area contributed by atoms with Gasteiger partial charge in [0.05, 0.1) is 0 Å². The maximum atomic E-state index is 4.45. The Labute approximate surface area is 72.4 Å². The number of hydrogen-bond donors (Lipinski definition) is 0. The standard InChI is InChI=1S/C10H12N2/c1-7(2)9-4-3-8-5-6-11-10(8)12-9/h3-4,6-7H,5H2,1-2H3. The molecule has 0 aliphatic carbocycles. The number of aliphatic imine (C=N–C) groups is 1. The molecule has 0 unspecified atom stereocenters. The Bertz CT molecular complexity index is 327. The monoisotopic (exact) mass is 160 g/mol. The topological polar surface area (TPSA) is 25.2 Å². The first kappa shape index (κ1) is 7.47. The quantitative estimate of drug-likeness (QED) is 0.619. The first-order valence-electron chi connectivity index (χ1n) is 4.29. The van der Waals surface area contributed by atoms with Crippen LogP contribution in [0.1, 0.15) is 31.0 Å². The van der Waals surface area contributed by atoms with Crippen molar-refractivity contribution in [2.75, 3.05) is 0 Å². The maximum Gasteiger partial charge on any atom is 0.155 e. The second-order valence-electron chi connectivity index (χ2n) is 3.39. The highest BCUT2D eigenvalue weighted by atomic mass is 14.9. The summed E-state index contributed by atoms with van der Waals surface area (Å²) in [6.45, 7) is 4.29. The average molecular weight is 160 g/mol. The van der Waals surface area contributed by atoms with Gasteiger partial charge in [-0.05, 0) is 12.0 Å². The van der Waals surface area contributed by atoms with E-state index in [1.54, 1.807) is 0 Å². The van der Waals surface area contributed by atoms with Crippen LogP contribution in [0.4, 0.5) is 5.82 Å². The van der Waals surface area contributed by atoms with Gasteiger partial charge in [0, 0.05) is 23.9 Å². The van der Waals surface area contributed by atoms with Gasteiger partial charge in [-0.2, -0.15) is 0 Å². The molecule has 0 radical (unpaired) electrons. The van der Waals surface area contributed by atoms with Crippen molar-refractivity contribution in [3.05, 3.63) is 23.4 Å². The van der Waals surface area contributed by atoms with Crippen molar-refractivity contribution in [3.8, 4) is 0 Å². The zero-order chi connectivity index (χ0) is 8.55. The molecule has 0 spiro atoms. The zero-order valence-electron chi connectivity index (χ0n) is 7.41. The maximum absolute atomic E-state index is 4.45. The van der Waals surface area contributed by atoms with E-state index in [0.717, 1.165) is 17.9 Å². The van der Waals surface area contributed by atoms with Crippen LogP contribution < -0.4 is 0 Å². The van der Waals surface area contributed by atoms with Gasteiger partial charge in [-0.1, -0.05) is 19.9 Å². The third-order valence-electron chi connectivity index (χ3n) is 2.09. The van der Waals surface area contributed by atoms with Crippen LogP contribution in [0.15, 0.2) is 17.1 Å². The van der Waals surface area contributed by atoms with Crippen LogP contribution in [0.3, 0.4) is 0 Å². The van der Waals surface area contributed by atoms with Crippen molar-refractivity contribution in [1.82, 2.24) is 4.98 Å². The molecule has 0 saturated heterocycles. The molecule has 0 saturated carbocycles. The molecule has 0 bridgehead atoms. The summed E-state index contributed by atoms with van der Waals surface area (Å²) in [6.07, 6.45) is 2.86. The number of hydrogen-bond acceptors (Lipinski definition) is 2. The summed E-state index contributed by atoms with van der Waals surface area (Å²) >= 11 is 0. The smallest absolute Gasteiger partial charge is 0.155 e. The summed E-state index contributed by atoms with van der Waals surface area (Å²) in [4.78, 5) is 8.66. The van der Waals surface area contributed by atoms with Crippen molar-refractivity contribution in [2.45, 2.75) is 26.2 Å². The van der Waals surface area contributed by atoms with E-state index in [-0.39, 0.29) is 0 Å². The van der Waals surface area contributed by atoms with Crippen molar-refractivity contribution in [2.24, 2.45) is 4.99 Å². The van der Waals surface area contributed by atoms with E-state index >= 15 is 0 Å². The number of fused-ring (bicyclic) bond motifs is 1. The van der Waals surface area contributed by atoms with E-state index in [2.05, 4.69) is 36.0 Å². The Morgan fingerprint density at radius 1 is 1.33 bits per heavy atom. The number of pyridine rings is 1. The molecule has 0 amide bonds. The molecule has 2 nitrogen and oxygen atoms in total. The molecule has 0 N–H and O–H groups in total. The molecular weight excluding hydrogens is 148 g/mol. The number of nitrogens with zero attached hydrogens (tertiary/aromatic N) is 2. The fraction of sp³-hybridized carbons (Fsp3) is 0.400. The molecule has 2 rings (SSSR count). The molecule has 0 fully saturated rings. The summed E-state index contributed by atoms with van der Waals surface area (Å²) < 4.78 is 0. The van der Waals surface area contributed by atoms with Gasteiger partial charge < -0.3 is 0 Å². The predicted octanol–water partition coefficient (Wildman–Crippen LogP) is 2.46. The highest BCUT2D eigenvalue weighted by Gasteiger charge is 2.09. The zero-order valence-corrected chi connectivity index (χ0v) is 7.41. The summed E-state index contributed by atoms with van der Waals surface area (Å²) in [7, 11) is 0. The molecule has 2 heteroatoms. The fourth-order valence-electron chi connectivity index (χ4n) is 1.31. The fourth-order valence-corrected chi connectivity index (χ4v) is 1.31. The lowest BCUT2D eigenvalue weighted by molar-refractivity contribution is 0.822. The summed E-state index contributed by atoms with van der Waals surface area (Å²) in [5.74, 6) is 1.41.